The number of anilines is 2. The van der Waals surface area contributed by atoms with Crippen molar-refractivity contribution < 1.29 is 9.53 Å². The zero-order valence-corrected chi connectivity index (χ0v) is 14.9. The van der Waals surface area contributed by atoms with Crippen LogP contribution in [0.4, 0.5) is 11.4 Å². The molecule has 0 saturated heterocycles. The molecule has 0 fully saturated rings. The molecule has 2 N–H and O–H groups in total. The molecular formula is C18H21BrN2O2. The molecule has 0 aliphatic carbocycles. The van der Waals surface area contributed by atoms with Crippen LogP contribution in [0, 0.1) is 6.92 Å². The lowest BCUT2D eigenvalue weighted by atomic mass is 10.2. The fraction of sp³-hybridized carbons (Fsp3) is 0.278. The van der Waals surface area contributed by atoms with Gasteiger partial charge in [0.1, 0.15) is 5.75 Å². The van der Waals surface area contributed by atoms with Gasteiger partial charge in [-0.3, -0.25) is 4.79 Å². The van der Waals surface area contributed by atoms with Crippen LogP contribution in [0.1, 0.15) is 18.9 Å². The summed E-state index contributed by atoms with van der Waals surface area (Å²) in [4.78, 5) is 12.0. The van der Waals surface area contributed by atoms with Crippen molar-refractivity contribution in [2.75, 3.05) is 23.8 Å². The fourth-order valence-corrected chi connectivity index (χ4v) is 2.68. The van der Waals surface area contributed by atoms with Crippen molar-refractivity contribution in [2.24, 2.45) is 0 Å². The van der Waals surface area contributed by atoms with Gasteiger partial charge in [0.15, 0.2) is 0 Å². The lowest BCUT2D eigenvalue weighted by molar-refractivity contribution is -0.115. The summed E-state index contributed by atoms with van der Waals surface area (Å²) >= 11 is 3.46. The Hall–Kier alpha value is -2.01. The molecule has 0 radical (unpaired) electrons. The van der Waals surface area contributed by atoms with E-state index in [9.17, 15) is 4.79 Å². The van der Waals surface area contributed by atoms with Crippen molar-refractivity contribution in [2.45, 2.75) is 20.3 Å². The predicted molar refractivity (Wildman–Crippen MR) is 98.2 cm³/mol. The SMILES string of the molecule is CCOc1ccc(NCCC(=O)Nc2ccc(C)cc2Br)cc1. The Bertz CT molecular complexity index is 657. The molecule has 0 spiro atoms. The quantitative estimate of drug-likeness (QED) is 0.742. The van der Waals surface area contributed by atoms with Crippen molar-refractivity contribution >= 4 is 33.2 Å². The minimum absolute atomic E-state index is 0.0204. The number of ether oxygens (including phenoxy) is 1. The van der Waals surface area contributed by atoms with Crippen molar-refractivity contribution in [1.29, 1.82) is 0 Å². The third kappa shape index (κ3) is 5.60. The van der Waals surface area contributed by atoms with Crippen molar-refractivity contribution in [3.8, 4) is 5.75 Å². The number of nitrogens with one attached hydrogen (secondary N) is 2. The number of hydrogen-bond donors (Lipinski definition) is 2. The molecule has 23 heavy (non-hydrogen) atoms. The second-order valence-corrected chi connectivity index (χ2v) is 6.02. The second-order valence-electron chi connectivity index (χ2n) is 5.17. The Balaban J connectivity index is 1.78. The first-order valence-corrected chi connectivity index (χ1v) is 8.40. The van der Waals surface area contributed by atoms with Crippen molar-refractivity contribution in [3.05, 3.63) is 52.5 Å². The first kappa shape index (κ1) is 17.3. The zero-order valence-electron chi connectivity index (χ0n) is 13.4. The molecule has 0 heterocycles. The smallest absolute Gasteiger partial charge is 0.226 e. The summed E-state index contributed by atoms with van der Waals surface area (Å²) in [5.41, 5.74) is 2.91. The van der Waals surface area contributed by atoms with Crippen LogP contribution in [0.3, 0.4) is 0 Å². The highest BCUT2D eigenvalue weighted by atomic mass is 79.9. The molecule has 0 bridgehead atoms. The highest BCUT2D eigenvalue weighted by Gasteiger charge is 2.05. The van der Waals surface area contributed by atoms with Crippen LogP contribution < -0.4 is 15.4 Å². The first-order chi connectivity index (χ1) is 11.1. The van der Waals surface area contributed by atoms with Gasteiger partial charge in [-0.1, -0.05) is 6.07 Å². The van der Waals surface area contributed by atoms with Gasteiger partial charge >= 0.3 is 0 Å². The van der Waals surface area contributed by atoms with Crippen LogP contribution in [-0.4, -0.2) is 19.1 Å². The summed E-state index contributed by atoms with van der Waals surface area (Å²) in [5, 5.41) is 6.13. The van der Waals surface area contributed by atoms with Crippen LogP contribution in [0.2, 0.25) is 0 Å². The molecule has 0 saturated carbocycles. The summed E-state index contributed by atoms with van der Waals surface area (Å²) < 4.78 is 6.29. The molecule has 2 aromatic rings. The standard InChI is InChI=1S/C18H21BrN2O2/c1-3-23-15-7-5-14(6-8-15)20-11-10-18(22)21-17-9-4-13(2)12-16(17)19/h4-9,12,20H,3,10-11H2,1-2H3,(H,21,22). The molecule has 4 nitrogen and oxygen atoms in total. The van der Waals surface area contributed by atoms with E-state index in [1.165, 1.54) is 0 Å². The molecule has 0 aliphatic heterocycles. The van der Waals surface area contributed by atoms with Crippen molar-refractivity contribution in [3.63, 3.8) is 0 Å². The van der Waals surface area contributed by atoms with Gasteiger partial charge in [-0.15, -0.1) is 0 Å². The number of rotatable bonds is 7. The van der Waals surface area contributed by atoms with E-state index in [1.807, 2.05) is 56.3 Å². The summed E-state index contributed by atoms with van der Waals surface area (Å²) in [6.45, 7) is 5.19. The van der Waals surface area contributed by atoms with Gasteiger partial charge in [0.25, 0.3) is 0 Å². The van der Waals surface area contributed by atoms with Gasteiger partial charge in [-0.05, 0) is 71.7 Å². The van der Waals surface area contributed by atoms with E-state index in [0.717, 1.165) is 27.2 Å². The molecule has 0 atom stereocenters. The number of benzene rings is 2. The minimum atomic E-state index is -0.0204. The Labute approximate surface area is 145 Å². The lowest BCUT2D eigenvalue weighted by Gasteiger charge is -2.10. The monoisotopic (exact) mass is 376 g/mol. The Morgan fingerprint density at radius 3 is 2.57 bits per heavy atom. The van der Waals surface area contributed by atoms with E-state index in [4.69, 9.17) is 4.74 Å². The molecule has 0 aliphatic rings. The van der Waals surface area contributed by atoms with Gasteiger partial charge in [-0.25, -0.2) is 0 Å². The van der Waals surface area contributed by atoms with E-state index in [-0.39, 0.29) is 5.91 Å². The Morgan fingerprint density at radius 1 is 1.17 bits per heavy atom. The summed E-state index contributed by atoms with van der Waals surface area (Å²) in [7, 11) is 0. The highest BCUT2D eigenvalue weighted by molar-refractivity contribution is 9.10. The average molecular weight is 377 g/mol. The summed E-state index contributed by atoms with van der Waals surface area (Å²) in [6, 6.07) is 13.6. The lowest BCUT2D eigenvalue weighted by Crippen LogP contribution is -2.16. The molecule has 2 rings (SSSR count). The fourth-order valence-electron chi connectivity index (χ4n) is 2.09. The number of amides is 1. The largest absolute Gasteiger partial charge is 0.494 e. The number of aryl methyl sites for hydroxylation is 1. The number of carbonyl (C=O) groups excluding carboxylic acids is 1. The highest BCUT2D eigenvalue weighted by Crippen LogP contribution is 2.23. The number of carbonyl (C=O) groups is 1. The van der Waals surface area contributed by atoms with Gasteiger partial charge in [-0.2, -0.15) is 0 Å². The molecular weight excluding hydrogens is 356 g/mol. The predicted octanol–water partition coefficient (Wildman–Crippen LogP) is 4.60. The molecule has 2 aromatic carbocycles. The van der Waals surface area contributed by atoms with Gasteiger partial charge < -0.3 is 15.4 Å². The van der Waals surface area contributed by atoms with E-state index in [1.54, 1.807) is 0 Å². The van der Waals surface area contributed by atoms with Crippen LogP contribution in [0.25, 0.3) is 0 Å². The van der Waals surface area contributed by atoms with E-state index in [0.29, 0.717) is 19.6 Å². The van der Waals surface area contributed by atoms with Crippen LogP contribution >= 0.6 is 15.9 Å². The van der Waals surface area contributed by atoms with Gasteiger partial charge in [0.2, 0.25) is 5.91 Å². The van der Waals surface area contributed by atoms with E-state index in [2.05, 4.69) is 26.6 Å². The normalized spacial score (nSPS) is 10.2. The molecule has 0 aromatic heterocycles. The maximum Gasteiger partial charge on any atom is 0.226 e. The number of hydrogen-bond acceptors (Lipinski definition) is 3. The topological polar surface area (TPSA) is 50.4 Å². The van der Waals surface area contributed by atoms with Crippen LogP contribution in [0.15, 0.2) is 46.9 Å². The third-order valence-corrected chi connectivity index (χ3v) is 3.90. The van der Waals surface area contributed by atoms with Crippen molar-refractivity contribution in [1.82, 2.24) is 0 Å². The van der Waals surface area contributed by atoms with Gasteiger partial charge in [0, 0.05) is 23.1 Å². The maximum atomic E-state index is 12.0. The maximum absolute atomic E-state index is 12.0. The second kappa shape index (κ2) is 8.58. The molecule has 1 amide bonds. The zero-order chi connectivity index (χ0) is 16.7. The first-order valence-electron chi connectivity index (χ1n) is 7.61. The number of halogens is 1. The van der Waals surface area contributed by atoms with Crippen LogP contribution in [0.5, 0.6) is 5.75 Å². The molecule has 122 valence electrons. The van der Waals surface area contributed by atoms with Gasteiger partial charge in [0.05, 0.1) is 12.3 Å². The minimum Gasteiger partial charge on any atom is -0.494 e. The Morgan fingerprint density at radius 2 is 1.91 bits per heavy atom. The van der Waals surface area contributed by atoms with E-state index >= 15 is 0 Å². The van der Waals surface area contributed by atoms with Crippen LogP contribution in [-0.2, 0) is 4.79 Å². The molecule has 5 heteroatoms. The molecule has 0 unspecified atom stereocenters. The Kier molecular flexibility index (Phi) is 6.47. The summed E-state index contributed by atoms with van der Waals surface area (Å²) in [5.74, 6) is 0.827. The van der Waals surface area contributed by atoms with E-state index < -0.39 is 0 Å². The average Bonchev–Trinajstić information content (AvgIpc) is 2.52. The third-order valence-electron chi connectivity index (χ3n) is 3.25. The summed E-state index contributed by atoms with van der Waals surface area (Å²) in [6.07, 6.45) is 0.396.